The topological polar surface area (TPSA) is 54.9 Å². The second kappa shape index (κ2) is 8.38. The Bertz CT molecular complexity index is 620. The van der Waals surface area contributed by atoms with E-state index >= 15 is 0 Å². The van der Waals surface area contributed by atoms with Gasteiger partial charge in [-0.2, -0.15) is 11.8 Å². The van der Waals surface area contributed by atoms with Crippen LogP contribution in [-0.2, 0) is 16.1 Å². The second-order valence-electron chi connectivity index (χ2n) is 6.58. The van der Waals surface area contributed by atoms with Gasteiger partial charge >= 0.3 is 0 Å². The highest BCUT2D eigenvalue weighted by Crippen LogP contribution is 2.25. The largest absolute Gasteiger partial charge is 0.496 e. The Labute approximate surface area is 153 Å². The minimum absolute atomic E-state index is 0.135. The van der Waals surface area contributed by atoms with Crippen molar-refractivity contribution < 1.29 is 14.3 Å². The maximum Gasteiger partial charge on any atom is 0.253 e. The van der Waals surface area contributed by atoms with E-state index in [-0.39, 0.29) is 12.0 Å². The summed E-state index contributed by atoms with van der Waals surface area (Å²) in [5.74, 6) is 3.08. The molecule has 0 N–H and O–H groups in total. The minimum atomic E-state index is -0.357. The number of carbonyl (C=O) groups excluding carboxylic acids is 1. The Kier molecular flexibility index (Phi) is 6.19. The van der Waals surface area contributed by atoms with Crippen molar-refractivity contribution in [2.45, 2.75) is 26.5 Å². The number of amides is 1. The molecule has 2 aliphatic heterocycles. The highest BCUT2D eigenvalue weighted by molar-refractivity contribution is 7.99. The molecule has 25 heavy (non-hydrogen) atoms. The Balaban J connectivity index is 1.65. The summed E-state index contributed by atoms with van der Waals surface area (Å²) in [6, 6.07) is 0. The summed E-state index contributed by atoms with van der Waals surface area (Å²) in [5, 5.41) is 0. The first-order valence-electron chi connectivity index (χ1n) is 8.79. The van der Waals surface area contributed by atoms with Crippen LogP contribution in [0.25, 0.3) is 0 Å². The Hall–Kier alpha value is -1.31. The fourth-order valence-electron chi connectivity index (χ4n) is 3.43. The Morgan fingerprint density at radius 1 is 1.36 bits per heavy atom. The number of pyridine rings is 1. The van der Waals surface area contributed by atoms with Crippen molar-refractivity contribution in [3.8, 4) is 5.75 Å². The lowest BCUT2D eigenvalue weighted by molar-refractivity contribution is -0.149. The van der Waals surface area contributed by atoms with Crippen LogP contribution in [0, 0.1) is 13.8 Å². The van der Waals surface area contributed by atoms with Crippen LogP contribution in [0.4, 0.5) is 0 Å². The molecule has 3 rings (SSSR count). The van der Waals surface area contributed by atoms with Gasteiger partial charge in [0, 0.05) is 61.6 Å². The molecule has 2 saturated heterocycles. The average Bonchev–Trinajstić information content (AvgIpc) is 2.65. The van der Waals surface area contributed by atoms with Crippen molar-refractivity contribution in [1.29, 1.82) is 0 Å². The number of hydrogen-bond donors (Lipinski definition) is 0. The number of aromatic nitrogens is 1. The van der Waals surface area contributed by atoms with Crippen LogP contribution >= 0.6 is 11.8 Å². The van der Waals surface area contributed by atoms with Crippen LogP contribution in [0.1, 0.15) is 16.8 Å². The zero-order chi connectivity index (χ0) is 17.8. The van der Waals surface area contributed by atoms with E-state index in [0.29, 0.717) is 19.7 Å². The molecule has 0 radical (unpaired) electrons. The fraction of sp³-hybridized carbons (Fsp3) is 0.667. The van der Waals surface area contributed by atoms with Crippen LogP contribution in [0.2, 0.25) is 0 Å². The van der Waals surface area contributed by atoms with Gasteiger partial charge in [0.2, 0.25) is 0 Å². The van der Waals surface area contributed by atoms with Gasteiger partial charge in [-0.3, -0.25) is 14.7 Å². The van der Waals surface area contributed by atoms with Crippen molar-refractivity contribution in [2.75, 3.05) is 51.4 Å². The molecule has 0 aromatic carbocycles. The molecule has 0 saturated carbocycles. The van der Waals surface area contributed by atoms with Gasteiger partial charge < -0.3 is 14.4 Å². The number of aryl methyl sites for hydroxylation is 1. The van der Waals surface area contributed by atoms with Crippen molar-refractivity contribution in [2.24, 2.45) is 0 Å². The fourth-order valence-corrected chi connectivity index (χ4v) is 4.33. The van der Waals surface area contributed by atoms with Gasteiger partial charge in [0.1, 0.15) is 11.9 Å². The maximum absolute atomic E-state index is 12.7. The van der Waals surface area contributed by atoms with Crippen LogP contribution < -0.4 is 4.74 Å². The van der Waals surface area contributed by atoms with Crippen LogP contribution in [0.15, 0.2) is 6.20 Å². The standard InChI is InChI=1S/C18H27N3O3S/c1-13-10-19-15(14(2)17(13)23-3)11-20-4-7-24-16(12-20)18(22)21-5-8-25-9-6-21/h10,16H,4-9,11-12H2,1-3H3. The lowest BCUT2D eigenvalue weighted by Crippen LogP contribution is -2.52. The van der Waals surface area contributed by atoms with Crippen molar-refractivity contribution in [3.05, 3.63) is 23.0 Å². The van der Waals surface area contributed by atoms with Gasteiger partial charge in [0.15, 0.2) is 0 Å². The van der Waals surface area contributed by atoms with E-state index in [0.717, 1.165) is 53.7 Å². The molecule has 1 unspecified atom stereocenters. The molecule has 0 aliphatic carbocycles. The van der Waals surface area contributed by atoms with E-state index < -0.39 is 0 Å². The Morgan fingerprint density at radius 3 is 2.84 bits per heavy atom. The number of hydrogen-bond acceptors (Lipinski definition) is 6. The molecule has 2 aliphatic rings. The summed E-state index contributed by atoms with van der Waals surface area (Å²) in [4.78, 5) is 21.5. The zero-order valence-electron chi connectivity index (χ0n) is 15.3. The van der Waals surface area contributed by atoms with E-state index in [1.165, 1.54) is 0 Å². The minimum Gasteiger partial charge on any atom is -0.496 e. The number of thioether (sulfide) groups is 1. The van der Waals surface area contributed by atoms with Gasteiger partial charge in [0.25, 0.3) is 5.91 Å². The molecule has 1 atom stereocenters. The van der Waals surface area contributed by atoms with E-state index in [1.54, 1.807) is 7.11 Å². The summed E-state index contributed by atoms with van der Waals surface area (Å²) in [6.45, 7) is 8.45. The molecule has 138 valence electrons. The molecule has 1 aromatic rings. The number of rotatable bonds is 4. The molecule has 2 fully saturated rings. The van der Waals surface area contributed by atoms with Gasteiger partial charge in [-0.1, -0.05) is 0 Å². The summed E-state index contributed by atoms with van der Waals surface area (Å²) < 4.78 is 11.3. The first-order chi connectivity index (χ1) is 12.1. The highest BCUT2D eigenvalue weighted by Gasteiger charge is 2.31. The molecule has 1 aromatic heterocycles. The molecular weight excluding hydrogens is 338 g/mol. The van der Waals surface area contributed by atoms with Crippen molar-refractivity contribution in [1.82, 2.24) is 14.8 Å². The van der Waals surface area contributed by atoms with Crippen molar-refractivity contribution in [3.63, 3.8) is 0 Å². The quantitative estimate of drug-likeness (QED) is 0.806. The van der Waals surface area contributed by atoms with Gasteiger partial charge in [-0.05, 0) is 13.8 Å². The summed E-state index contributed by atoms with van der Waals surface area (Å²) in [6.07, 6.45) is 1.50. The first kappa shape index (κ1) is 18.5. The molecule has 6 nitrogen and oxygen atoms in total. The third-order valence-corrected chi connectivity index (χ3v) is 5.81. The third kappa shape index (κ3) is 4.27. The third-order valence-electron chi connectivity index (χ3n) is 4.87. The van der Waals surface area contributed by atoms with E-state index in [4.69, 9.17) is 9.47 Å². The van der Waals surface area contributed by atoms with Gasteiger partial charge in [-0.25, -0.2) is 0 Å². The predicted octanol–water partition coefficient (Wildman–Crippen LogP) is 1.48. The Morgan fingerprint density at radius 2 is 2.12 bits per heavy atom. The second-order valence-corrected chi connectivity index (χ2v) is 7.80. The molecule has 1 amide bonds. The van der Waals surface area contributed by atoms with Crippen LogP contribution in [0.5, 0.6) is 5.75 Å². The summed E-state index contributed by atoms with van der Waals surface area (Å²) in [7, 11) is 1.69. The smallest absolute Gasteiger partial charge is 0.253 e. The number of nitrogens with zero attached hydrogens (tertiary/aromatic N) is 3. The van der Waals surface area contributed by atoms with E-state index in [9.17, 15) is 4.79 Å². The number of methoxy groups -OCH3 is 1. The molecule has 3 heterocycles. The van der Waals surface area contributed by atoms with Crippen LogP contribution in [0.3, 0.4) is 0 Å². The average molecular weight is 365 g/mol. The van der Waals surface area contributed by atoms with Gasteiger partial charge in [-0.15, -0.1) is 0 Å². The maximum atomic E-state index is 12.7. The number of ether oxygens (including phenoxy) is 2. The molecule has 0 bridgehead atoms. The van der Waals surface area contributed by atoms with Gasteiger partial charge in [0.05, 0.1) is 19.4 Å². The lowest BCUT2D eigenvalue weighted by Gasteiger charge is -2.36. The summed E-state index contributed by atoms with van der Waals surface area (Å²) >= 11 is 1.91. The summed E-state index contributed by atoms with van der Waals surface area (Å²) in [5.41, 5.74) is 3.12. The first-order valence-corrected chi connectivity index (χ1v) is 9.95. The predicted molar refractivity (Wildman–Crippen MR) is 99.2 cm³/mol. The SMILES string of the molecule is COc1c(C)cnc(CN2CCOC(C(=O)N3CCSCC3)C2)c1C. The number of carbonyl (C=O) groups is 1. The van der Waals surface area contributed by atoms with Crippen molar-refractivity contribution >= 4 is 17.7 Å². The molecule has 0 spiro atoms. The molecule has 7 heteroatoms. The zero-order valence-corrected chi connectivity index (χ0v) is 16.1. The number of morpholine rings is 1. The highest BCUT2D eigenvalue weighted by atomic mass is 32.2. The van der Waals surface area contributed by atoms with Crippen LogP contribution in [-0.4, -0.2) is 78.2 Å². The van der Waals surface area contributed by atoms with E-state index in [1.807, 2.05) is 36.7 Å². The normalized spacial score (nSPS) is 22.0. The lowest BCUT2D eigenvalue weighted by atomic mass is 10.1. The van der Waals surface area contributed by atoms with E-state index in [2.05, 4.69) is 9.88 Å². The monoisotopic (exact) mass is 365 g/mol. The molecular formula is C18H27N3O3S.